The summed E-state index contributed by atoms with van der Waals surface area (Å²) in [6.07, 6.45) is 0. The number of esters is 1. The molecule has 0 amide bonds. The molecule has 3 rings (SSSR count). The average Bonchev–Trinajstić information content (AvgIpc) is 2.63. The number of ether oxygens (including phenoxy) is 1. The fraction of sp³-hybridized carbons (Fsp3) is 0.286. The smallest absolute Gasteiger partial charge is 0.354 e. The molecule has 0 unspecified atom stereocenters. The van der Waals surface area contributed by atoms with Gasteiger partial charge in [0.15, 0.2) is 0 Å². The van der Waals surface area contributed by atoms with Gasteiger partial charge in [0.25, 0.3) is 0 Å². The summed E-state index contributed by atoms with van der Waals surface area (Å²) in [4.78, 5) is 14.4. The van der Waals surface area contributed by atoms with Gasteiger partial charge in [-0.1, -0.05) is 56.3 Å². The molecule has 126 valence electrons. The second kappa shape index (κ2) is 7.82. The van der Waals surface area contributed by atoms with E-state index in [2.05, 4.69) is 30.0 Å². The van der Waals surface area contributed by atoms with Gasteiger partial charge in [0.05, 0.1) is 7.11 Å². The Morgan fingerprint density at radius 1 is 1.00 bits per heavy atom. The number of methoxy groups -OCH3 is 1. The van der Waals surface area contributed by atoms with Gasteiger partial charge in [0, 0.05) is 12.2 Å². The number of anilines is 1. The predicted molar refractivity (Wildman–Crippen MR) is 99.8 cm³/mol. The molecule has 0 fully saturated rings. The number of carbonyl (C=O) groups excluding carboxylic acids is 1. The van der Waals surface area contributed by atoms with Gasteiger partial charge in [0.2, 0.25) is 0 Å². The summed E-state index contributed by atoms with van der Waals surface area (Å²) in [6.45, 7) is 8.71. The maximum atomic E-state index is 12.4. The van der Waals surface area contributed by atoms with E-state index in [9.17, 15) is 4.79 Å². The number of nitrogens with zero attached hydrogens (tertiary/aromatic N) is 1. The third-order valence-corrected chi connectivity index (χ3v) is 4.16. The number of fused-ring (bicyclic) bond motifs is 1. The Hall–Kier alpha value is -2.55. The van der Waals surface area contributed by atoms with Crippen molar-refractivity contribution in [3.8, 4) is 0 Å². The molecule has 3 heteroatoms. The summed E-state index contributed by atoms with van der Waals surface area (Å²) < 4.78 is 5.03. The van der Waals surface area contributed by atoms with Crippen LogP contribution < -0.4 is 4.90 Å². The van der Waals surface area contributed by atoms with E-state index in [4.69, 9.17) is 4.74 Å². The lowest BCUT2D eigenvalue weighted by molar-refractivity contribution is -0.136. The van der Waals surface area contributed by atoms with Crippen LogP contribution in [0.2, 0.25) is 0 Å². The SMILES string of the molecule is CC.COC(=O)C1=C(C)c2ccccc2CN1c1ccccc1C. The minimum Gasteiger partial charge on any atom is -0.464 e. The van der Waals surface area contributed by atoms with Crippen molar-refractivity contribution >= 4 is 17.2 Å². The lowest BCUT2D eigenvalue weighted by Gasteiger charge is -2.33. The standard InChI is InChI=1S/C19H19NO2.C2H6/c1-13-8-4-7-11-17(13)20-12-15-9-5-6-10-16(15)14(2)18(20)19(21)22-3;1-2/h4-11H,12H2,1-3H3;1-2H3. The summed E-state index contributed by atoms with van der Waals surface area (Å²) in [6, 6.07) is 16.3. The van der Waals surface area contributed by atoms with Crippen LogP contribution >= 0.6 is 0 Å². The molecule has 0 N–H and O–H groups in total. The normalized spacial score (nSPS) is 13.0. The molecule has 1 aliphatic heterocycles. The first-order valence-electron chi connectivity index (χ1n) is 8.34. The first kappa shape index (κ1) is 17.8. The van der Waals surface area contributed by atoms with E-state index < -0.39 is 0 Å². The van der Waals surface area contributed by atoms with Crippen LogP contribution in [0.3, 0.4) is 0 Å². The first-order chi connectivity index (χ1) is 11.6. The van der Waals surface area contributed by atoms with Gasteiger partial charge >= 0.3 is 5.97 Å². The van der Waals surface area contributed by atoms with E-state index in [0.717, 1.165) is 22.4 Å². The number of allylic oxidation sites excluding steroid dienone is 1. The maximum Gasteiger partial charge on any atom is 0.354 e. The summed E-state index contributed by atoms with van der Waals surface area (Å²) in [5.41, 5.74) is 6.09. The van der Waals surface area contributed by atoms with Crippen molar-refractivity contribution in [2.45, 2.75) is 34.2 Å². The first-order valence-corrected chi connectivity index (χ1v) is 8.34. The Labute approximate surface area is 144 Å². The summed E-state index contributed by atoms with van der Waals surface area (Å²) in [5, 5.41) is 0. The van der Waals surface area contributed by atoms with E-state index in [0.29, 0.717) is 12.2 Å². The third-order valence-electron chi connectivity index (χ3n) is 4.16. The van der Waals surface area contributed by atoms with Gasteiger partial charge in [-0.05, 0) is 42.2 Å². The van der Waals surface area contributed by atoms with E-state index in [1.54, 1.807) is 0 Å². The molecule has 0 radical (unpaired) electrons. The third kappa shape index (κ3) is 3.21. The number of para-hydroxylation sites is 1. The van der Waals surface area contributed by atoms with E-state index in [1.165, 1.54) is 12.7 Å². The van der Waals surface area contributed by atoms with Crippen LogP contribution in [0.15, 0.2) is 54.2 Å². The van der Waals surface area contributed by atoms with Crippen LogP contribution in [0.4, 0.5) is 5.69 Å². The molecule has 0 spiro atoms. The zero-order valence-electron chi connectivity index (χ0n) is 15.1. The largest absolute Gasteiger partial charge is 0.464 e. The Bertz CT molecular complexity index is 762. The summed E-state index contributed by atoms with van der Waals surface area (Å²) in [5.74, 6) is -0.296. The molecule has 0 saturated heterocycles. The van der Waals surface area contributed by atoms with Crippen LogP contribution in [0.25, 0.3) is 5.57 Å². The highest BCUT2D eigenvalue weighted by Crippen LogP contribution is 2.36. The summed E-state index contributed by atoms with van der Waals surface area (Å²) in [7, 11) is 1.43. The van der Waals surface area contributed by atoms with Crippen molar-refractivity contribution in [1.29, 1.82) is 0 Å². The van der Waals surface area contributed by atoms with Crippen molar-refractivity contribution in [3.05, 3.63) is 70.9 Å². The van der Waals surface area contributed by atoms with E-state index >= 15 is 0 Å². The van der Waals surface area contributed by atoms with Gasteiger partial charge in [-0.3, -0.25) is 0 Å². The molecular formula is C21H25NO2. The highest BCUT2D eigenvalue weighted by molar-refractivity contribution is 6.02. The molecule has 2 aromatic rings. The quantitative estimate of drug-likeness (QED) is 0.733. The van der Waals surface area contributed by atoms with Crippen LogP contribution in [0.1, 0.15) is 37.5 Å². The second-order valence-electron chi connectivity index (χ2n) is 5.49. The number of carbonyl (C=O) groups is 1. The Balaban J connectivity index is 0.00000100. The van der Waals surface area contributed by atoms with Crippen molar-refractivity contribution < 1.29 is 9.53 Å². The fourth-order valence-corrected chi connectivity index (χ4v) is 3.04. The monoisotopic (exact) mass is 323 g/mol. The average molecular weight is 323 g/mol. The molecule has 0 aliphatic carbocycles. The topological polar surface area (TPSA) is 29.5 Å². The summed E-state index contributed by atoms with van der Waals surface area (Å²) >= 11 is 0. The maximum absolute atomic E-state index is 12.4. The van der Waals surface area contributed by atoms with Gasteiger partial charge < -0.3 is 9.64 Å². The van der Waals surface area contributed by atoms with Crippen LogP contribution in [-0.4, -0.2) is 13.1 Å². The molecule has 1 aliphatic rings. The molecule has 0 atom stereocenters. The molecule has 2 aromatic carbocycles. The van der Waals surface area contributed by atoms with Crippen molar-refractivity contribution in [1.82, 2.24) is 0 Å². The lowest BCUT2D eigenvalue weighted by atomic mass is 9.93. The van der Waals surface area contributed by atoms with Crippen LogP contribution in [0, 0.1) is 6.92 Å². The van der Waals surface area contributed by atoms with E-state index in [-0.39, 0.29) is 5.97 Å². The molecule has 1 heterocycles. The minimum absolute atomic E-state index is 0.296. The zero-order chi connectivity index (χ0) is 17.7. The molecule has 0 saturated carbocycles. The highest BCUT2D eigenvalue weighted by atomic mass is 16.5. The number of hydrogen-bond acceptors (Lipinski definition) is 3. The van der Waals surface area contributed by atoms with Crippen molar-refractivity contribution in [3.63, 3.8) is 0 Å². The van der Waals surface area contributed by atoms with Crippen molar-refractivity contribution in [2.24, 2.45) is 0 Å². The van der Waals surface area contributed by atoms with Crippen molar-refractivity contribution in [2.75, 3.05) is 12.0 Å². The number of hydrogen-bond donors (Lipinski definition) is 0. The number of rotatable bonds is 2. The van der Waals surface area contributed by atoms with Gasteiger partial charge in [-0.25, -0.2) is 4.79 Å². The molecule has 3 nitrogen and oxygen atoms in total. The number of benzene rings is 2. The fourth-order valence-electron chi connectivity index (χ4n) is 3.04. The second-order valence-corrected chi connectivity index (χ2v) is 5.49. The van der Waals surface area contributed by atoms with Crippen LogP contribution in [0.5, 0.6) is 0 Å². The zero-order valence-corrected chi connectivity index (χ0v) is 15.1. The van der Waals surface area contributed by atoms with Gasteiger partial charge in [-0.15, -0.1) is 0 Å². The van der Waals surface area contributed by atoms with Gasteiger partial charge in [0.1, 0.15) is 5.70 Å². The lowest BCUT2D eigenvalue weighted by Crippen LogP contribution is -2.32. The minimum atomic E-state index is -0.296. The molecule has 0 aromatic heterocycles. The Morgan fingerprint density at radius 2 is 1.62 bits per heavy atom. The van der Waals surface area contributed by atoms with Crippen LogP contribution in [-0.2, 0) is 16.1 Å². The molecular weight excluding hydrogens is 298 g/mol. The number of aryl methyl sites for hydroxylation is 1. The van der Waals surface area contributed by atoms with E-state index in [1.807, 2.05) is 51.1 Å². The molecule has 24 heavy (non-hydrogen) atoms. The molecule has 0 bridgehead atoms. The predicted octanol–water partition coefficient (Wildman–Crippen LogP) is 4.95. The Morgan fingerprint density at radius 3 is 2.29 bits per heavy atom. The van der Waals surface area contributed by atoms with Gasteiger partial charge in [-0.2, -0.15) is 0 Å². The highest BCUT2D eigenvalue weighted by Gasteiger charge is 2.29. The Kier molecular flexibility index (Phi) is 5.80.